The summed E-state index contributed by atoms with van der Waals surface area (Å²) in [7, 11) is 1.62. The average Bonchev–Trinajstić information content (AvgIpc) is 3.31. The maximum atomic E-state index is 13.3. The van der Waals surface area contributed by atoms with Gasteiger partial charge in [0.25, 0.3) is 5.91 Å². The Labute approximate surface area is 190 Å². The number of nitrogens with one attached hydrogen (secondary N) is 1. The van der Waals surface area contributed by atoms with Gasteiger partial charge in [-0.3, -0.25) is 9.59 Å². The fourth-order valence-electron chi connectivity index (χ4n) is 4.16. The van der Waals surface area contributed by atoms with Gasteiger partial charge in [-0.2, -0.15) is 0 Å². The van der Waals surface area contributed by atoms with Gasteiger partial charge in [-0.1, -0.05) is 50.1 Å². The summed E-state index contributed by atoms with van der Waals surface area (Å²) < 4.78 is 11.1. The Morgan fingerprint density at radius 2 is 1.78 bits per heavy atom. The molecule has 1 aliphatic rings. The first kappa shape index (κ1) is 23.6. The van der Waals surface area contributed by atoms with Crippen molar-refractivity contribution >= 4 is 11.8 Å². The van der Waals surface area contributed by atoms with Crippen LogP contribution in [-0.2, 0) is 16.1 Å². The number of ether oxygens (including phenoxy) is 2. The number of hydrogen-bond donors (Lipinski definition) is 1. The second kappa shape index (κ2) is 11.6. The van der Waals surface area contributed by atoms with Crippen molar-refractivity contribution in [1.29, 1.82) is 0 Å². The zero-order chi connectivity index (χ0) is 22.9. The number of methoxy groups -OCH3 is 1. The first-order valence-electron chi connectivity index (χ1n) is 11.4. The van der Waals surface area contributed by atoms with Crippen molar-refractivity contribution in [2.45, 2.75) is 64.6 Å². The van der Waals surface area contributed by atoms with Gasteiger partial charge in [0.2, 0.25) is 5.91 Å². The lowest BCUT2D eigenvalue weighted by Gasteiger charge is -2.31. The molecular weight excluding hydrogens is 404 g/mol. The van der Waals surface area contributed by atoms with E-state index in [0.717, 1.165) is 42.6 Å². The van der Waals surface area contributed by atoms with Crippen LogP contribution in [0.25, 0.3) is 0 Å². The normalized spacial score (nSPS) is 14.6. The Morgan fingerprint density at radius 1 is 1.09 bits per heavy atom. The van der Waals surface area contributed by atoms with Gasteiger partial charge in [-0.15, -0.1) is 0 Å². The molecule has 1 saturated carbocycles. The topological polar surface area (TPSA) is 67.9 Å². The summed E-state index contributed by atoms with van der Waals surface area (Å²) in [5.74, 6) is 1.13. The first-order chi connectivity index (χ1) is 15.5. The van der Waals surface area contributed by atoms with Gasteiger partial charge in [0.05, 0.1) is 7.11 Å². The van der Waals surface area contributed by atoms with Gasteiger partial charge in [0, 0.05) is 12.6 Å². The van der Waals surface area contributed by atoms with Crippen LogP contribution >= 0.6 is 0 Å². The molecule has 0 radical (unpaired) electrons. The van der Waals surface area contributed by atoms with Gasteiger partial charge in [-0.05, 0) is 55.5 Å². The SMILES string of the molecule is CC[C@H](C(=O)NC1CCCC1)N(Cc1ccc(OC)cc1)C(=O)COc1ccccc1C. The predicted molar refractivity (Wildman–Crippen MR) is 125 cm³/mol. The van der Waals surface area contributed by atoms with Crippen molar-refractivity contribution in [3.63, 3.8) is 0 Å². The Balaban J connectivity index is 1.76. The highest BCUT2D eigenvalue weighted by Gasteiger charge is 2.30. The summed E-state index contributed by atoms with van der Waals surface area (Å²) in [5.41, 5.74) is 1.90. The number of nitrogens with zero attached hydrogens (tertiary/aromatic N) is 1. The van der Waals surface area contributed by atoms with Crippen LogP contribution in [0.3, 0.4) is 0 Å². The lowest BCUT2D eigenvalue weighted by Crippen LogP contribution is -2.52. The molecule has 0 saturated heterocycles. The minimum Gasteiger partial charge on any atom is -0.497 e. The van der Waals surface area contributed by atoms with E-state index in [-0.39, 0.29) is 24.5 Å². The summed E-state index contributed by atoms with van der Waals surface area (Å²) in [6.45, 7) is 4.10. The van der Waals surface area contributed by atoms with Crippen molar-refractivity contribution in [3.8, 4) is 11.5 Å². The van der Waals surface area contributed by atoms with Crippen LogP contribution in [0.2, 0.25) is 0 Å². The van der Waals surface area contributed by atoms with Crippen molar-refractivity contribution in [2.75, 3.05) is 13.7 Å². The third-order valence-electron chi connectivity index (χ3n) is 6.04. The second-order valence-electron chi connectivity index (χ2n) is 8.34. The standard InChI is InChI=1S/C26H34N2O4/c1-4-23(26(30)27-21-10-6-7-11-21)28(17-20-13-15-22(31-3)16-14-20)25(29)18-32-24-12-8-5-9-19(24)2/h5,8-9,12-16,21,23H,4,6-7,10-11,17-18H2,1-3H3,(H,27,30)/t23-/m1/s1. The number of para-hydroxylation sites is 1. The molecule has 0 aliphatic heterocycles. The minimum absolute atomic E-state index is 0.0860. The third-order valence-corrected chi connectivity index (χ3v) is 6.04. The molecule has 0 aromatic heterocycles. The highest BCUT2D eigenvalue weighted by atomic mass is 16.5. The van der Waals surface area contributed by atoms with Crippen molar-refractivity contribution in [1.82, 2.24) is 10.2 Å². The van der Waals surface area contributed by atoms with Crippen LogP contribution in [0, 0.1) is 6.92 Å². The maximum absolute atomic E-state index is 13.3. The van der Waals surface area contributed by atoms with Crippen LogP contribution in [0.4, 0.5) is 0 Å². The van der Waals surface area contributed by atoms with E-state index in [1.807, 2.05) is 62.4 Å². The molecule has 6 nitrogen and oxygen atoms in total. The number of carbonyl (C=O) groups excluding carboxylic acids is 2. The van der Waals surface area contributed by atoms with Gasteiger partial charge < -0.3 is 19.7 Å². The molecule has 6 heteroatoms. The molecule has 3 rings (SSSR count). The summed E-state index contributed by atoms with van der Waals surface area (Å²) in [6, 6.07) is 14.8. The fourth-order valence-corrected chi connectivity index (χ4v) is 4.16. The van der Waals surface area contributed by atoms with Crippen molar-refractivity contribution < 1.29 is 19.1 Å². The zero-order valence-corrected chi connectivity index (χ0v) is 19.3. The van der Waals surface area contributed by atoms with E-state index in [1.54, 1.807) is 12.0 Å². The van der Waals surface area contributed by atoms with Crippen molar-refractivity contribution in [3.05, 3.63) is 59.7 Å². The summed E-state index contributed by atoms with van der Waals surface area (Å²) >= 11 is 0. The van der Waals surface area contributed by atoms with Crippen LogP contribution in [0.1, 0.15) is 50.2 Å². The van der Waals surface area contributed by atoms with Gasteiger partial charge in [0.15, 0.2) is 6.61 Å². The first-order valence-corrected chi connectivity index (χ1v) is 11.4. The number of hydrogen-bond acceptors (Lipinski definition) is 4. The lowest BCUT2D eigenvalue weighted by atomic mass is 10.1. The Morgan fingerprint density at radius 3 is 2.41 bits per heavy atom. The lowest BCUT2D eigenvalue weighted by molar-refractivity contribution is -0.143. The van der Waals surface area contributed by atoms with Crippen LogP contribution in [0.5, 0.6) is 11.5 Å². The number of benzene rings is 2. The molecular formula is C26H34N2O4. The highest BCUT2D eigenvalue weighted by Crippen LogP contribution is 2.21. The molecule has 1 aliphatic carbocycles. The quantitative estimate of drug-likeness (QED) is 0.602. The molecule has 1 atom stereocenters. The minimum atomic E-state index is -0.550. The van der Waals surface area contributed by atoms with E-state index >= 15 is 0 Å². The number of aryl methyl sites for hydroxylation is 1. The summed E-state index contributed by atoms with van der Waals surface area (Å²) in [6.07, 6.45) is 4.82. The van der Waals surface area contributed by atoms with E-state index in [1.165, 1.54) is 0 Å². The molecule has 2 amide bonds. The van der Waals surface area contributed by atoms with Gasteiger partial charge in [0.1, 0.15) is 17.5 Å². The Bertz CT molecular complexity index is 891. The molecule has 0 spiro atoms. The van der Waals surface area contributed by atoms with E-state index < -0.39 is 6.04 Å². The molecule has 32 heavy (non-hydrogen) atoms. The molecule has 172 valence electrons. The van der Waals surface area contributed by atoms with Gasteiger partial charge in [-0.25, -0.2) is 0 Å². The van der Waals surface area contributed by atoms with Crippen LogP contribution < -0.4 is 14.8 Å². The molecule has 0 unspecified atom stereocenters. The summed E-state index contributed by atoms with van der Waals surface area (Å²) in [5, 5.41) is 3.16. The van der Waals surface area contributed by atoms with E-state index in [2.05, 4.69) is 5.32 Å². The Hall–Kier alpha value is -3.02. The third kappa shape index (κ3) is 6.25. The maximum Gasteiger partial charge on any atom is 0.261 e. The second-order valence-corrected chi connectivity index (χ2v) is 8.34. The zero-order valence-electron chi connectivity index (χ0n) is 19.3. The predicted octanol–water partition coefficient (Wildman–Crippen LogP) is 4.25. The number of rotatable bonds is 10. The van der Waals surface area contributed by atoms with Gasteiger partial charge >= 0.3 is 0 Å². The van der Waals surface area contributed by atoms with Crippen LogP contribution in [0.15, 0.2) is 48.5 Å². The molecule has 0 heterocycles. The van der Waals surface area contributed by atoms with E-state index in [0.29, 0.717) is 18.7 Å². The molecule has 1 N–H and O–H groups in total. The van der Waals surface area contributed by atoms with E-state index in [4.69, 9.17) is 9.47 Å². The number of amides is 2. The summed E-state index contributed by atoms with van der Waals surface area (Å²) in [4.78, 5) is 28.1. The average molecular weight is 439 g/mol. The number of carbonyl (C=O) groups is 2. The molecule has 2 aromatic carbocycles. The molecule has 1 fully saturated rings. The van der Waals surface area contributed by atoms with Crippen molar-refractivity contribution in [2.24, 2.45) is 0 Å². The highest BCUT2D eigenvalue weighted by molar-refractivity contribution is 5.88. The van der Waals surface area contributed by atoms with Crippen LogP contribution in [-0.4, -0.2) is 42.5 Å². The molecule has 2 aromatic rings. The Kier molecular flexibility index (Phi) is 8.54. The largest absolute Gasteiger partial charge is 0.497 e. The monoisotopic (exact) mass is 438 g/mol. The fraction of sp³-hybridized carbons (Fsp3) is 0.462. The molecule has 0 bridgehead atoms. The van der Waals surface area contributed by atoms with E-state index in [9.17, 15) is 9.59 Å². The smallest absolute Gasteiger partial charge is 0.261 e.